The molecule has 0 N–H and O–H groups in total. The molecule has 0 bridgehead atoms. The van der Waals surface area contributed by atoms with Gasteiger partial charge >= 0.3 is 6.30 Å². The molecule has 1 aromatic heterocycles. The van der Waals surface area contributed by atoms with Gasteiger partial charge in [-0.05, 0) is 12.5 Å². The second-order valence-corrected chi connectivity index (χ2v) is 3.65. The third-order valence-corrected chi connectivity index (χ3v) is 2.43. The number of aromatic nitrogens is 1. The molecule has 2 heterocycles. The molecule has 1 aromatic rings. The van der Waals surface area contributed by atoms with Crippen LogP contribution < -0.4 is 5.56 Å². The molecule has 0 aliphatic carbocycles. The van der Waals surface area contributed by atoms with Crippen LogP contribution in [0.15, 0.2) is 35.3 Å². The highest BCUT2D eigenvalue weighted by molar-refractivity contribution is 5.19. The first-order valence-corrected chi connectivity index (χ1v) is 5.06. The van der Waals surface area contributed by atoms with Crippen molar-refractivity contribution in [3.05, 3.63) is 46.4 Å². The SMILES string of the molecule is O=c1ccc(C2C=CCCO2)cn1C(F)(F)F. The van der Waals surface area contributed by atoms with Gasteiger partial charge in [-0.2, -0.15) is 0 Å². The van der Waals surface area contributed by atoms with Crippen LogP contribution in [0.5, 0.6) is 0 Å². The molecule has 2 rings (SSSR count). The van der Waals surface area contributed by atoms with E-state index in [1.54, 1.807) is 6.08 Å². The van der Waals surface area contributed by atoms with Gasteiger partial charge in [-0.25, -0.2) is 4.57 Å². The van der Waals surface area contributed by atoms with Gasteiger partial charge in [-0.15, -0.1) is 13.2 Å². The summed E-state index contributed by atoms with van der Waals surface area (Å²) in [6.07, 6.45) is -0.164. The Kier molecular flexibility index (Phi) is 3.06. The van der Waals surface area contributed by atoms with Crippen LogP contribution in [0.2, 0.25) is 0 Å². The maximum Gasteiger partial charge on any atom is 0.491 e. The lowest BCUT2D eigenvalue weighted by atomic mass is 10.1. The molecule has 0 aromatic carbocycles. The molecule has 1 atom stereocenters. The van der Waals surface area contributed by atoms with Gasteiger partial charge in [0, 0.05) is 17.8 Å². The van der Waals surface area contributed by atoms with E-state index in [-0.39, 0.29) is 4.57 Å². The Bertz CT molecular complexity index is 490. The van der Waals surface area contributed by atoms with Crippen LogP contribution in [0.1, 0.15) is 18.1 Å². The summed E-state index contributed by atoms with van der Waals surface area (Å²) in [4.78, 5) is 11.1. The van der Waals surface area contributed by atoms with Gasteiger partial charge in [0.1, 0.15) is 6.10 Å². The molecular weight excluding hydrogens is 235 g/mol. The predicted molar refractivity (Wildman–Crippen MR) is 54.5 cm³/mol. The predicted octanol–water partition coefficient (Wildman–Crippen LogP) is 2.34. The van der Waals surface area contributed by atoms with Crippen molar-refractivity contribution in [3.63, 3.8) is 0 Å². The molecule has 1 unspecified atom stereocenters. The Morgan fingerprint density at radius 2 is 2.12 bits per heavy atom. The number of hydrogen-bond acceptors (Lipinski definition) is 2. The van der Waals surface area contributed by atoms with Crippen molar-refractivity contribution in [2.75, 3.05) is 6.61 Å². The summed E-state index contributed by atoms with van der Waals surface area (Å²) in [7, 11) is 0. The van der Waals surface area contributed by atoms with E-state index < -0.39 is 18.0 Å². The molecule has 6 heteroatoms. The molecule has 3 nitrogen and oxygen atoms in total. The van der Waals surface area contributed by atoms with E-state index in [0.29, 0.717) is 12.2 Å². The lowest BCUT2D eigenvalue weighted by Gasteiger charge is -2.19. The van der Waals surface area contributed by atoms with Crippen molar-refractivity contribution in [3.8, 4) is 0 Å². The zero-order valence-electron chi connectivity index (χ0n) is 8.78. The molecule has 0 saturated carbocycles. The highest BCUT2D eigenvalue weighted by atomic mass is 19.4. The molecule has 0 radical (unpaired) electrons. The number of hydrogen-bond donors (Lipinski definition) is 0. The average Bonchev–Trinajstić information content (AvgIpc) is 2.29. The van der Waals surface area contributed by atoms with Crippen molar-refractivity contribution in [1.29, 1.82) is 0 Å². The maximum absolute atomic E-state index is 12.5. The van der Waals surface area contributed by atoms with Crippen LogP contribution >= 0.6 is 0 Å². The Labute approximate surface area is 95.1 Å². The highest BCUT2D eigenvalue weighted by Crippen LogP contribution is 2.25. The summed E-state index contributed by atoms with van der Waals surface area (Å²) in [5.41, 5.74) is -0.779. The Balaban J connectivity index is 2.40. The topological polar surface area (TPSA) is 31.2 Å². The summed E-state index contributed by atoms with van der Waals surface area (Å²) in [6, 6.07) is 2.25. The third-order valence-electron chi connectivity index (χ3n) is 2.43. The van der Waals surface area contributed by atoms with Gasteiger partial charge in [0.05, 0.1) is 6.61 Å². The van der Waals surface area contributed by atoms with E-state index in [2.05, 4.69) is 0 Å². The molecule has 1 aliphatic heterocycles. The second-order valence-electron chi connectivity index (χ2n) is 3.65. The summed E-state index contributed by atoms with van der Waals surface area (Å²) in [5, 5.41) is 0. The van der Waals surface area contributed by atoms with E-state index in [4.69, 9.17) is 4.74 Å². The minimum atomic E-state index is -4.70. The molecule has 0 amide bonds. The Morgan fingerprint density at radius 3 is 2.71 bits per heavy atom. The van der Waals surface area contributed by atoms with Gasteiger partial charge < -0.3 is 4.74 Å². The molecule has 92 valence electrons. The van der Waals surface area contributed by atoms with Crippen molar-refractivity contribution in [2.45, 2.75) is 18.8 Å². The molecule has 1 aliphatic rings. The Hall–Kier alpha value is -1.56. The quantitative estimate of drug-likeness (QED) is 0.711. The summed E-state index contributed by atoms with van der Waals surface area (Å²) in [6.45, 7) is 0.465. The molecule has 0 spiro atoms. The summed E-state index contributed by atoms with van der Waals surface area (Å²) in [5.74, 6) is 0. The number of ether oxygens (including phenoxy) is 1. The second kappa shape index (κ2) is 4.37. The lowest BCUT2D eigenvalue weighted by molar-refractivity contribution is -0.206. The first kappa shape index (κ1) is 11.9. The fourth-order valence-corrected chi connectivity index (χ4v) is 1.62. The minimum Gasteiger partial charge on any atom is -0.369 e. The fraction of sp³-hybridized carbons (Fsp3) is 0.364. The highest BCUT2D eigenvalue weighted by Gasteiger charge is 2.32. The molecule has 0 saturated heterocycles. The van der Waals surface area contributed by atoms with Gasteiger partial charge in [-0.3, -0.25) is 4.79 Å². The van der Waals surface area contributed by atoms with Crippen molar-refractivity contribution < 1.29 is 17.9 Å². The van der Waals surface area contributed by atoms with Crippen LogP contribution in [0.3, 0.4) is 0 Å². The van der Waals surface area contributed by atoms with Crippen molar-refractivity contribution in [2.24, 2.45) is 0 Å². The van der Waals surface area contributed by atoms with Crippen molar-refractivity contribution in [1.82, 2.24) is 4.57 Å². The van der Waals surface area contributed by atoms with Crippen LogP contribution in [0.25, 0.3) is 0 Å². The third kappa shape index (κ3) is 2.58. The number of pyridine rings is 1. The first-order chi connectivity index (χ1) is 7.98. The number of nitrogens with zero attached hydrogens (tertiary/aromatic N) is 1. The first-order valence-electron chi connectivity index (χ1n) is 5.06. The smallest absolute Gasteiger partial charge is 0.369 e. The summed E-state index contributed by atoms with van der Waals surface area (Å²) < 4.78 is 42.6. The molecule has 0 fully saturated rings. The minimum absolute atomic E-state index is 0.242. The van der Waals surface area contributed by atoms with Crippen LogP contribution in [0.4, 0.5) is 13.2 Å². The molecular formula is C11H10F3NO2. The van der Waals surface area contributed by atoms with E-state index in [9.17, 15) is 18.0 Å². The number of alkyl halides is 3. The van der Waals surface area contributed by atoms with E-state index in [1.165, 1.54) is 6.07 Å². The fourth-order valence-electron chi connectivity index (χ4n) is 1.62. The lowest BCUT2D eigenvalue weighted by Crippen LogP contribution is -2.30. The normalized spacial score (nSPS) is 20.5. The zero-order valence-corrected chi connectivity index (χ0v) is 8.78. The summed E-state index contributed by atoms with van der Waals surface area (Å²) >= 11 is 0. The van der Waals surface area contributed by atoms with E-state index >= 15 is 0 Å². The van der Waals surface area contributed by atoms with Gasteiger partial charge in [0.15, 0.2) is 0 Å². The van der Waals surface area contributed by atoms with Crippen LogP contribution in [-0.2, 0) is 11.0 Å². The average molecular weight is 245 g/mol. The largest absolute Gasteiger partial charge is 0.491 e. The van der Waals surface area contributed by atoms with E-state index in [0.717, 1.165) is 18.7 Å². The maximum atomic E-state index is 12.5. The van der Waals surface area contributed by atoms with Crippen LogP contribution in [0, 0.1) is 0 Å². The van der Waals surface area contributed by atoms with Gasteiger partial charge in [0.25, 0.3) is 5.56 Å². The van der Waals surface area contributed by atoms with Gasteiger partial charge in [0.2, 0.25) is 0 Å². The monoisotopic (exact) mass is 245 g/mol. The number of halogens is 3. The van der Waals surface area contributed by atoms with Gasteiger partial charge in [-0.1, -0.05) is 12.2 Å². The van der Waals surface area contributed by atoms with E-state index in [1.807, 2.05) is 6.08 Å². The Morgan fingerprint density at radius 1 is 1.35 bits per heavy atom. The standard InChI is InChI=1S/C11H10F3NO2/c12-11(13,14)15-7-8(4-5-10(15)16)9-3-1-2-6-17-9/h1,3-5,7,9H,2,6H2. The molecule has 17 heavy (non-hydrogen) atoms. The zero-order chi connectivity index (χ0) is 12.5. The van der Waals surface area contributed by atoms with Crippen molar-refractivity contribution >= 4 is 0 Å². The van der Waals surface area contributed by atoms with Crippen LogP contribution in [-0.4, -0.2) is 11.2 Å². The number of rotatable bonds is 1.